The summed E-state index contributed by atoms with van der Waals surface area (Å²) in [6, 6.07) is 5.03. The molecule has 0 atom stereocenters. The Labute approximate surface area is 112 Å². The number of hydrogen-bond donors (Lipinski definition) is 1. The molecule has 1 aromatic heterocycles. The largest absolute Gasteiger partial charge is 0.455 e. The van der Waals surface area contributed by atoms with Crippen LogP contribution in [0.3, 0.4) is 0 Å². The van der Waals surface area contributed by atoms with E-state index in [-0.39, 0.29) is 6.61 Å². The second-order valence-corrected chi connectivity index (χ2v) is 4.46. The number of halogens is 1. The molecule has 0 fully saturated rings. The highest BCUT2D eigenvalue weighted by atomic mass is 79.9. The number of carbonyl (C=O) groups is 1. The maximum atomic E-state index is 11.8. The lowest BCUT2D eigenvalue weighted by atomic mass is 10.2. The molecule has 0 radical (unpaired) electrons. The number of benzene rings is 1. The van der Waals surface area contributed by atoms with Gasteiger partial charge in [0.25, 0.3) is 0 Å². The summed E-state index contributed by atoms with van der Waals surface area (Å²) < 4.78 is 7.20. The first-order valence-corrected chi connectivity index (χ1v) is 5.93. The third-order valence-corrected chi connectivity index (χ3v) is 3.13. The van der Waals surface area contributed by atoms with Gasteiger partial charge in [0.15, 0.2) is 0 Å². The van der Waals surface area contributed by atoms with Gasteiger partial charge in [0.05, 0.1) is 16.2 Å². The first-order chi connectivity index (χ1) is 8.58. The smallest absolute Gasteiger partial charge is 0.339 e. The average molecular weight is 311 g/mol. The van der Waals surface area contributed by atoms with Crippen LogP contribution in [0.5, 0.6) is 0 Å². The molecule has 18 heavy (non-hydrogen) atoms. The van der Waals surface area contributed by atoms with Crippen LogP contribution in [0.2, 0.25) is 0 Å². The van der Waals surface area contributed by atoms with Crippen molar-refractivity contribution in [2.75, 3.05) is 5.73 Å². The maximum absolute atomic E-state index is 11.8. The Morgan fingerprint density at radius 3 is 3.00 bits per heavy atom. The van der Waals surface area contributed by atoms with E-state index in [9.17, 15) is 4.79 Å². The zero-order chi connectivity index (χ0) is 13.1. The summed E-state index contributed by atoms with van der Waals surface area (Å²) in [6.45, 7) is 0.0773. The van der Waals surface area contributed by atoms with E-state index >= 15 is 0 Å². The second-order valence-electron chi connectivity index (χ2n) is 3.67. The molecule has 2 rings (SSSR count). The Bertz CT molecular complexity index is 582. The molecule has 2 N–H and O–H groups in total. The number of anilines is 1. The summed E-state index contributed by atoms with van der Waals surface area (Å²) in [5.74, 6) is -0.458. The summed E-state index contributed by atoms with van der Waals surface area (Å²) in [7, 11) is 1.74. The predicted octanol–water partition coefficient (Wildman–Crippen LogP) is 1.52. The van der Waals surface area contributed by atoms with Gasteiger partial charge < -0.3 is 10.5 Å². The van der Waals surface area contributed by atoms with E-state index in [1.807, 2.05) is 0 Å². The molecule has 94 valence electrons. The molecular weight excluding hydrogens is 300 g/mol. The average Bonchev–Trinajstić information content (AvgIpc) is 2.76. The zero-order valence-corrected chi connectivity index (χ0v) is 11.2. The van der Waals surface area contributed by atoms with Gasteiger partial charge in [-0.1, -0.05) is 11.3 Å². The van der Waals surface area contributed by atoms with Crippen molar-refractivity contribution in [2.45, 2.75) is 6.61 Å². The van der Waals surface area contributed by atoms with Gasteiger partial charge >= 0.3 is 5.97 Å². The van der Waals surface area contributed by atoms with Crippen molar-refractivity contribution in [1.29, 1.82) is 0 Å². The van der Waals surface area contributed by atoms with E-state index in [0.29, 0.717) is 21.4 Å². The SMILES string of the molecule is Cn1cc(COC(=O)c2cccc(N)c2Br)nn1. The van der Waals surface area contributed by atoms with E-state index in [0.717, 1.165) is 0 Å². The zero-order valence-electron chi connectivity index (χ0n) is 9.63. The Kier molecular flexibility index (Phi) is 3.61. The van der Waals surface area contributed by atoms with E-state index in [2.05, 4.69) is 26.2 Å². The molecule has 6 nitrogen and oxygen atoms in total. The molecule has 0 spiro atoms. The van der Waals surface area contributed by atoms with Crippen molar-refractivity contribution >= 4 is 27.6 Å². The van der Waals surface area contributed by atoms with Gasteiger partial charge in [0, 0.05) is 12.7 Å². The number of nitrogens with two attached hydrogens (primary N) is 1. The van der Waals surface area contributed by atoms with Crippen molar-refractivity contribution in [3.8, 4) is 0 Å². The molecule has 0 unspecified atom stereocenters. The van der Waals surface area contributed by atoms with Crippen molar-refractivity contribution in [2.24, 2.45) is 7.05 Å². The van der Waals surface area contributed by atoms with Crippen LogP contribution in [0, 0.1) is 0 Å². The lowest BCUT2D eigenvalue weighted by Gasteiger charge is -2.06. The number of carbonyl (C=O) groups excluding carboxylic acids is 1. The van der Waals surface area contributed by atoms with Gasteiger partial charge in [0.2, 0.25) is 0 Å². The molecule has 0 saturated heterocycles. The summed E-state index contributed by atoms with van der Waals surface area (Å²) in [6.07, 6.45) is 1.68. The van der Waals surface area contributed by atoms with Gasteiger partial charge in [-0.15, -0.1) is 5.10 Å². The Hall–Kier alpha value is -1.89. The molecule has 0 bridgehead atoms. The molecule has 1 aromatic carbocycles. The Balaban J connectivity index is 2.06. The van der Waals surface area contributed by atoms with E-state index in [1.165, 1.54) is 0 Å². The van der Waals surface area contributed by atoms with Gasteiger partial charge in [-0.25, -0.2) is 4.79 Å². The fraction of sp³-hybridized carbons (Fsp3) is 0.182. The Morgan fingerprint density at radius 2 is 2.33 bits per heavy atom. The van der Waals surface area contributed by atoms with Gasteiger partial charge in [-0.2, -0.15) is 0 Å². The van der Waals surface area contributed by atoms with Crippen LogP contribution in [0.15, 0.2) is 28.9 Å². The highest BCUT2D eigenvalue weighted by Gasteiger charge is 2.13. The molecule has 1 heterocycles. The minimum Gasteiger partial charge on any atom is -0.455 e. The fourth-order valence-corrected chi connectivity index (χ4v) is 1.81. The summed E-state index contributed by atoms with van der Waals surface area (Å²) in [5, 5.41) is 7.57. The summed E-state index contributed by atoms with van der Waals surface area (Å²) >= 11 is 3.25. The van der Waals surface area contributed by atoms with Crippen LogP contribution in [-0.4, -0.2) is 21.0 Å². The van der Waals surface area contributed by atoms with Gasteiger partial charge in [-0.05, 0) is 28.1 Å². The molecule has 0 aliphatic heterocycles. The van der Waals surface area contributed by atoms with Crippen molar-refractivity contribution < 1.29 is 9.53 Å². The van der Waals surface area contributed by atoms with E-state index in [1.54, 1.807) is 36.1 Å². The molecule has 0 saturated carbocycles. The Morgan fingerprint density at radius 1 is 1.56 bits per heavy atom. The van der Waals surface area contributed by atoms with Crippen LogP contribution >= 0.6 is 15.9 Å². The number of nitrogens with zero attached hydrogens (tertiary/aromatic N) is 3. The van der Waals surface area contributed by atoms with Crippen LogP contribution in [0.1, 0.15) is 16.1 Å². The topological polar surface area (TPSA) is 83.0 Å². The fourth-order valence-electron chi connectivity index (χ4n) is 1.39. The van der Waals surface area contributed by atoms with Crippen molar-refractivity contribution in [3.05, 3.63) is 40.1 Å². The first-order valence-electron chi connectivity index (χ1n) is 5.14. The minimum absolute atomic E-state index is 0.0773. The number of hydrogen-bond acceptors (Lipinski definition) is 5. The minimum atomic E-state index is -0.458. The van der Waals surface area contributed by atoms with E-state index < -0.39 is 5.97 Å². The molecule has 0 amide bonds. The van der Waals surface area contributed by atoms with Crippen LogP contribution in [-0.2, 0) is 18.4 Å². The number of ether oxygens (including phenoxy) is 1. The number of rotatable bonds is 3. The molecule has 2 aromatic rings. The monoisotopic (exact) mass is 310 g/mol. The number of aromatic nitrogens is 3. The number of esters is 1. The number of aryl methyl sites for hydroxylation is 1. The highest BCUT2D eigenvalue weighted by molar-refractivity contribution is 9.10. The number of nitrogen functional groups attached to an aromatic ring is 1. The third-order valence-electron chi connectivity index (χ3n) is 2.25. The van der Waals surface area contributed by atoms with Crippen LogP contribution in [0.25, 0.3) is 0 Å². The summed E-state index contributed by atoms with van der Waals surface area (Å²) in [4.78, 5) is 11.8. The molecule has 0 aliphatic rings. The third kappa shape index (κ3) is 2.67. The van der Waals surface area contributed by atoms with Crippen molar-refractivity contribution in [1.82, 2.24) is 15.0 Å². The highest BCUT2D eigenvalue weighted by Crippen LogP contribution is 2.24. The molecular formula is C11H11BrN4O2. The van der Waals surface area contributed by atoms with Gasteiger partial charge in [0.1, 0.15) is 12.3 Å². The van der Waals surface area contributed by atoms with Crippen LogP contribution in [0.4, 0.5) is 5.69 Å². The maximum Gasteiger partial charge on any atom is 0.339 e. The quantitative estimate of drug-likeness (QED) is 0.686. The second kappa shape index (κ2) is 5.18. The van der Waals surface area contributed by atoms with E-state index in [4.69, 9.17) is 10.5 Å². The van der Waals surface area contributed by atoms with Gasteiger partial charge in [-0.3, -0.25) is 4.68 Å². The molecule has 0 aliphatic carbocycles. The van der Waals surface area contributed by atoms with Crippen LogP contribution < -0.4 is 5.73 Å². The lowest BCUT2D eigenvalue weighted by molar-refractivity contribution is 0.0466. The predicted molar refractivity (Wildman–Crippen MR) is 68.7 cm³/mol. The first kappa shape index (κ1) is 12.6. The lowest BCUT2D eigenvalue weighted by Crippen LogP contribution is -2.07. The summed E-state index contributed by atoms with van der Waals surface area (Å²) in [5.41, 5.74) is 7.16. The molecule has 7 heteroatoms. The standard InChI is InChI=1S/C11H11BrN4O2/c1-16-5-7(14-15-16)6-18-11(17)8-3-2-4-9(13)10(8)12/h2-5H,6,13H2,1H3. The normalized spacial score (nSPS) is 10.3. The van der Waals surface area contributed by atoms with Crippen molar-refractivity contribution in [3.63, 3.8) is 0 Å².